The number of hydrogen-bond donors (Lipinski definition) is 1. The number of pyridine rings is 1. The van der Waals surface area contributed by atoms with Gasteiger partial charge in [-0.3, -0.25) is 4.79 Å². The van der Waals surface area contributed by atoms with Crippen molar-refractivity contribution in [2.24, 2.45) is 0 Å². The highest BCUT2D eigenvalue weighted by Gasteiger charge is 2.08. The van der Waals surface area contributed by atoms with Gasteiger partial charge in [0, 0.05) is 29.9 Å². The number of halogens is 2. The van der Waals surface area contributed by atoms with Crippen molar-refractivity contribution in [3.63, 3.8) is 0 Å². The standard InChI is InChI=1S/C19H20F2N2O3/c1-2-12-25-18-15(7-5-11-22-18)13-23-17(24)10-9-14-6-3-4-8-16(14)26-19(20)21/h3-11,19H,2,12-13H2,1H3,(H,23,24)/b10-9+. The average Bonchev–Trinajstić information content (AvgIpc) is 2.64. The minimum Gasteiger partial charge on any atom is -0.477 e. The van der Waals surface area contributed by atoms with Crippen LogP contribution in [0.2, 0.25) is 0 Å². The number of nitrogens with one attached hydrogen (secondary N) is 1. The molecule has 0 aliphatic heterocycles. The van der Waals surface area contributed by atoms with Crippen molar-refractivity contribution in [1.82, 2.24) is 10.3 Å². The topological polar surface area (TPSA) is 60.5 Å². The Morgan fingerprint density at radius 3 is 2.85 bits per heavy atom. The van der Waals surface area contributed by atoms with Crippen molar-refractivity contribution in [3.8, 4) is 11.6 Å². The number of aromatic nitrogens is 1. The Labute approximate surface area is 150 Å². The van der Waals surface area contributed by atoms with E-state index in [9.17, 15) is 13.6 Å². The van der Waals surface area contributed by atoms with E-state index in [4.69, 9.17) is 4.74 Å². The molecule has 0 bridgehead atoms. The molecule has 0 fully saturated rings. The molecule has 1 aromatic heterocycles. The molecule has 1 N–H and O–H groups in total. The molecular weight excluding hydrogens is 342 g/mol. The fourth-order valence-electron chi connectivity index (χ4n) is 2.12. The lowest BCUT2D eigenvalue weighted by atomic mass is 10.2. The first-order chi connectivity index (χ1) is 12.6. The second-order valence-electron chi connectivity index (χ2n) is 5.28. The third kappa shape index (κ3) is 6.16. The van der Waals surface area contributed by atoms with Crippen LogP contribution in [-0.4, -0.2) is 24.1 Å². The zero-order chi connectivity index (χ0) is 18.8. The van der Waals surface area contributed by atoms with Gasteiger partial charge in [0.2, 0.25) is 11.8 Å². The molecule has 0 saturated heterocycles. The van der Waals surface area contributed by atoms with Crippen LogP contribution in [-0.2, 0) is 11.3 Å². The van der Waals surface area contributed by atoms with Gasteiger partial charge in [-0.25, -0.2) is 4.98 Å². The van der Waals surface area contributed by atoms with Crippen LogP contribution in [0.1, 0.15) is 24.5 Å². The predicted octanol–water partition coefficient (Wildman–Crippen LogP) is 3.80. The van der Waals surface area contributed by atoms with Crippen LogP contribution in [0.3, 0.4) is 0 Å². The predicted molar refractivity (Wildman–Crippen MR) is 94.0 cm³/mol. The Hall–Kier alpha value is -2.96. The molecule has 26 heavy (non-hydrogen) atoms. The Morgan fingerprint density at radius 2 is 2.08 bits per heavy atom. The molecule has 0 spiro atoms. The van der Waals surface area contributed by atoms with E-state index in [0.717, 1.165) is 12.0 Å². The van der Waals surface area contributed by atoms with Gasteiger partial charge in [0.15, 0.2) is 0 Å². The normalized spacial score (nSPS) is 10.9. The lowest BCUT2D eigenvalue weighted by molar-refractivity contribution is -0.116. The molecule has 0 aliphatic carbocycles. The molecule has 0 unspecified atom stereocenters. The number of rotatable bonds is 9. The molecule has 5 nitrogen and oxygen atoms in total. The summed E-state index contributed by atoms with van der Waals surface area (Å²) in [5.74, 6) is 0.116. The van der Waals surface area contributed by atoms with Crippen molar-refractivity contribution >= 4 is 12.0 Å². The molecule has 0 atom stereocenters. The molecule has 0 saturated carbocycles. The van der Waals surface area contributed by atoms with Crippen molar-refractivity contribution in [2.75, 3.05) is 6.61 Å². The lowest BCUT2D eigenvalue weighted by Gasteiger charge is -2.09. The van der Waals surface area contributed by atoms with Crippen molar-refractivity contribution in [2.45, 2.75) is 26.5 Å². The molecule has 138 valence electrons. The summed E-state index contributed by atoms with van der Waals surface area (Å²) in [6.45, 7) is -0.153. The third-order valence-corrected chi connectivity index (χ3v) is 3.30. The first-order valence-electron chi connectivity index (χ1n) is 8.16. The van der Waals surface area contributed by atoms with Gasteiger partial charge in [-0.1, -0.05) is 31.2 Å². The second kappa shape index (κ2) is 10.1. The van der Waals surface area contributed by atoms with Crippen molar-refractivity contribution in [3.05, 3.63) is 59.8 Å². The summed E-state index contributed by atoms with van der Waals surface area (Å²) in [5, 5.41) is 2.71. The van der Waals surface area contributed by atoms with Gasteiger partial charge in [0.05, 0.1) is 6.61 Å². The van der Waals surface area contributed by atoms with E-state index in [1.807, 2.05) is 13.0 Å². The first-order valence-corrected chi connectivity index (χ1v) is 8.16. The van der Waals surface area contributed by atoms with E-state index in [0.29, 0.717) is 18.1 Å². The number of amides is 1. The van der Waals surface area contributed by atoms with Crippen molar-refractivity contribution < 1.29 is 23.0 Å². The van der Waals surface area contributed by atoms with Crippen LogP contribution in [0.25, 0.3) is 6.08 Å². The highest BCUT2D eigenvalue weighted by molar-refractivity contribution is 5.92. The Morgan fingerprint density at radius 1 is 1.27 bits per heavy atom. The molecule has 2 rings (SSSR count). The summed E-state index contributed by atoms with van der Waals surface area (Å²) < 4.78 is 34.7. The van der Waals surface area contributed by atoms with Crippen LogP contribution in [0.4, 0.5) is 8.78 Å². The molecule has 7 heteroatoms. The molecule has 1 heterocycles. The summed E-state index contributed by atoms with van der Waals surface area (Å²) in [6.07, 6.45) is 5.16. The SMILES string of the molecule is CCCOc1ncccc1CNC(=O)/C=C/c1ccccc1OC(F)F. The number of nitrogens with zero attached hydrogens (tertiary/aromatic N) is 1. The summed E-state index contributed by atoms with van der Waals surface area (Å²) in [7, 11) is 0. The maximum atomic E-state index is 12.4. The molecule has 1 aromatic carbocycles. The Balaban J connectivity index is 1.97. The number of carbonyl (C=O) groups is 1. The summed E-state index contributed by atoms with van der Waals surface area (Å²) in [6, 6.07) is 9.82. The smallest absolute Gasteiger partial charge is 0.387 e. The monoisotopic (exact) mass is 362 g/mol. The Kier molecular flexibility index (Phi) is 7.54. The second-order valence-corrected chi connectivity index (χ2v) is 5.28. The van der Waals surface area contributed by atoms with Gasteiger partial charge < -0.3 is 14.8 Å². The van der Waals surface area contributed by atoms with Gasteiger partial charge in [0.1, 0.15) is 5.75 Å². The van der Waals surface area contributed by atoms with Crippen LogP contribution in [0, 0.1) is 0 Å². The number of ether oxygens (including phenoxy) is 2. The molecule has 0 radical (unpaired) electrons. The lowest BCUT2D eigenvalue weighted by Crippen LogP contribution is -2.21. The van der Waals surface area contributed by atoms with E-state index in [1.165, 1.54) is 18.2 Å². The minimum atomic E-state index is -2.93. The zero-order valence-electron chi connectivity index (χ0n) is 14.3. The summed E-state index contributed by atoms with van der Waals surface area (Å²) in [4.78, 5) is 16.1. The minimum absolute atomic E-state index is 0.00839. The molecular formula is C19H20F2N2O3. The molecule has 1 amide bonds. The largest absolute Gasteiger partial charge is 0.477 e. The van der Waals surface area contributed by atoms with Gasteiger partial charge in [0.25, 0.3) is 0 Å². The van der Waals surface area contributed by atoms with Crippen LogP contribution >= 0.6 is 0 Å². The number of para-hydroxylation sites is 1. The van der Waals surface area contributed by atoms with Gasteiger partial charge >= 0.3 is 6.61 Å². The van der Waals surface area contributed by atoms with Gasteiger partial charge in [-0.05, 0) is 24.6 Å². The van der Waals surface area contributed by atoms with Gasteiger partial charge in [-0.2, -0.15) is 8.78 Å². The first kappa shape index (κ1) is 19.4. The Bertz CT molecular complexity index is 751. The van der Waals surface area contributed by atoms with Crippen LogP contribution < -0.4 is 14.8 Å². The summed E-state index contributed by atoms with van der Waals surface area (Å²) >= 11 is 0. The highest BCUT2D eigenvalue weighted by Crippen LogP contribution is 2.21. The fourth-order valence-corrected chi connectivity index (χ4v) is 2.12. The van der Waals surface area contributed by atoms with E-state index >= 15 is 0 Å². The van der Waals surface area contributed by atoms with E-state index in [-0.39, 0.29) is 18.2 Å². The van der Waals surface area contributed by atoms with Crippen molar-refractivity contribution in [1.29, 1.82) is 0 Å². The number of alkyl halides is 2. The summed E-state index contributed by atoms with van der Waals surface area (Å²) in [5.41, 5.74) is 1.14. The number of hydrogen-bond acceptors (Lipinski definition) is 4. The highest BCUT2D eigenvalue weighted by atomic mass is 19.3. The fraction of sp³-hybridized carbons (Fsp3) is 0.263. The zero-order valence-corrected chi connectivity index (χ0v) is 14.3. The van der Waals surface area contributed by atoms with E-state index in [1.54, 1.807) is 30.5 Å². The number of carbonyl (C=O) groups excluding carboxylic acids is 1. The van der Waals surface area contributed by atoms with E-state index < -0.39 is 6.61 Å². The van der Waals surface area contributed by atoms with Gasteiger partial charge in [-0.15, -0.1) is 0 Å². The van der Waals surface area contributed by atoms with Crippen LogP contribution in [0.15, 0.2) is 48.7 Å². The molecule has 2 aromatic rings. The average molecular weight is 362 g/mol. The maximum absolute atomic E-state index is 12.4. The maximum Gasteiger partial charge on any atom is 0.387 e. The van der Waals surface area contributed by atoms with E-state index in [2.05, 4.69) is 15.0 Å². The third-order valence-electron chi connectivity index (χ3n) is 3.30. The van der Waals surface area contributed by atoms with Crippen LogP contribution in [0.5, 0.6) is 11.6 Å². The molecule has 0 aliphatic rings. The number of benzene rings is 1. The quantitative estimate of drug-likeness (QED) is 0.689.